The minimum atomic E-state index is -3.73. The van der Waals surface area contributed by atoms with Gasteiger partial charge in [-0.25, -0.2) is 8.42 Å². The number of halogens is 1. The van der Waals surface area contributed by atoms with E-state index in [1.807, 2.05) is 43.3 Å². The molecule has 7 nitrogen and oxygen atoms in total. The average molecular weight is 565 g/mol. The summed E-state index contributed by atoms with van der Waals surface area (Å²) in [6.07, 6.45) is 5.96. The predicted molar refractivity (Wildman–Crippen MR) is 143 cm³/mol. The highest BCUT2D eigenvalue weighted by atomic mass is 79.9. The molecule has 0 spiro atoms. The number of carbonyl (C=O) groups is 2. The van der Waals surface area contributed by atoms with Crippen molar-refractivity contribution in [3.8, 4) is 0 Å². The zero-order valence-corrected chi connectivity index (χ0v) is 22.9. The molecule has 35 heavy (non-hydrogen) atoms. The fraction of sp³-hybridized carbons (Fsp3) is 0.462. The molecule has 2 aromatic carbocycles. The number of sulfonamides is 1. The molecule has 0 radical (unpaired) electrons. The SMILES string of the molecule is CCc1ccc(N(CC(=O)N(Cc2ccc(Br)cc2)C(C)C(=O)NC2CCCC2)S(C)(=O)=O)cc1. The van der Waals surface area contributed by atoms with Crippen molar-refractivity contribution in [3.63, 3.8) is 0 Å². The van der Waals surface area contributed by atoms with E-state index < -0.39 is 22.0 Å². The first kappa shape index (κ1) is 27.2. The number of benzene rings is 2. The molecule has 1 saturated carbocycles. The number of nitrogens with zero attached hydrogens (tertiary/aromatic N) is 2. The number of carbonyl (C=O) groups excluding carboxylic acids is 2. The van der Waals surface area contributed by atoms with Gasteiger partial charge in [-0.1, -0.05) is 60.0 Å². The van der Waals surface area contributed by atoms with Crippen molar-refractivity contribution in [3.05, 3.63) is 64.1 Å². The Kier molecular flexibility index (Phi) is 9.35. The maximum absolute atomic E-state index is 13.6. The molecule has 1 N–H and O–H groups in total. The zero-order valence-electron chi connectivity index (χ0n) is 20.5. The van der Waals surface area contributed by atoms with Crippen LogP contribution >= 0.6 is 15.9 Å². The summed E-state index contributed by atoms with van der Waals surface area (Å²) in [7, 11) is -3.73. The van der Waals surface area contributed by atoms with Crippen molar-refractivity contribution >= 4 is 43.5 Å². The van der Waals surface area contributed by atoms with E-state index in [0.717, 1.165) is 58.3 Å². The molecule has 190 valence electrons. The summed E-state index contributed by atoms with van der Waals surface area (Å²) in [5.74, 6) is -0.660. The lowest BCUT2D eigenvalue weighted by Crippen LogP contribution is -2.52. The van der Waals surface area contributed by atoms with Crippen molar-refractivity contribution in [2.45, 2.75) is 64.6 Å². The molecular weight excluding hydrogens is 530 g/mol. The first-order chi connectivity index (χ1) is 16.6. The van der Waals surface area contributed by atoms with E-state index in [1.54, 1.807) is 19.1 Å². The second-order valence-electron chi connectivity index (χ2n) is 9.10. The summed E-state index contributed by atoms with van der Waals surface area (Å²) in [5.41, 5.74) is 2.34. The standard InChI is InChI=1S/C26H34BrN3O4S/c1-4-20-11-15-24(16-12-20)30(35(3,33)34)18-25(31)29(17-21-9-13-22(27)14-10-21)19(2)26(32)28-23-7-5-6-8-23/h9-16,19,23H,4-8,17-18H2,1-3H3,(H,28,32). The van der Waals surface area contributed by atoms with Gasteiger partial charge in [0.2, 0.25) is 21.8 Å². The van der Waals surface area contributed by atoms with Crippen LogP contribution in [0.4, 0.5) is 5.69 Å². The Balaban J connectivity index is 1.86. The third-order valence-electron chi connectivity index (χ3n) is 6.45. The number of nitrogens with one attached hydrogen (secondary N) is 1. The fourth-order valence-corrected chi connectivity index (χ4v) is 5.39. The van der Waals surface area contributed by atoms with E-state index in [9.17, 15) is 18.0 Å². The van der Waals surface area contributed by atoms with Gasteiger partial charge in [0, 0.05) is 17.1 Å². The normalized spacial score (nSPS) is 15.0. The predicted octanol–water partition coefficient (Wildman–Crippen LogP) is 4.25. The van der Waals surface area contributed by atoms with E-state index in [0.29, 0.717) is 5.69 Å². The minimum absolute atomic E-state index is 0.124. The lowest BCUT2D eigenvalue weighted by atomic mass is 10.1. The zero-order chi connectivity index (χ0) is 25.6. The van der Waals surface area contributed by atoms with Gasteiger partial charge in [-0.2, -0.15) is 0 Å². The molecule has 0 saturated heterocycles. The Hall–Kier alpha value is -2.39. The van der Waals surface area contributed by atoms with Crippen LogP contribution in [0.15, 0.2) is 53.0 Å². The minimum Gasteiger partial charge on any atom is -0.352 e. The number of amides is 2. The smallest absolute Gasteiger partial charge is 0.244 e. The molecule has 2 aromatic rings. The van der Waals surface area contributed by atoms with Gasteiger partial charge in [0.25, 0.3) is 0 Å². The van der Waals surface area contributed by atoms with E-state index in [2.05, 4.69) is 21.2 Å². The highest BCUT2D eigenvalue weighted by molar-refractivity contribution is 9.10. The molecule has 3 rings (SSSR count). The summed E-state index contributed by atoms with van der Waals surface area (Å²) in [4.78, 5) is 28.1. The largest absolute Gasteiger partial charge is 0.352 e. The van der Waals surface area contributed by atoms with Crippen molar-refractivity contribution in [1.29, 1.82) is 0 Å². The second kappa shape index (κ2) is 12.0. The van der Waals surface area contributed by atoms with Crippen molar-refractivity contribution in [1.82, 2.24) is 10.2 Å². The third-order valence-corrected chi connectivity index (χ3v) is 8.12. The molecule has 1 unspecified atom stereocenters. The topological polar surface area (TPSA) is 86.8 Å². The van der Waals surface area contributed by atoms with E-state index in [4.69, 9.17) is 0 Å². The first-order valence-electron chi connectivity index (χ1n) is 12.0. The van der Waals surface area contributed by atoms with Crippen molar-refractivity contribution < 1.29 is 18.0 Å². The van der Waals surface area contributed by atoms with Crippen LogP contribution in [0.25, 0.3) is 0 Å². The molecule has 2 amide bonds. The van der Waals surface area contributed by atoms with Gasteiger partial charge in [-0.15, -0.1) is 0 Å². The van der Waals surface area contributed by atoms with Crippen LogP contribution in [-0.2, 0) is 32.6 Å². The van der Waals surface area contributed by atoms with E-state index in [1.165, 1.54) is 4.90 Å². The molecule has 1 aliphatic carbocycles. The van der Waals surface area contributed by atoms with Gasteiger partial charge in [0.05, 0.1) is 11.9 Å². The molecule has 0 aliphatic heterocycles. The van der Waals surface area contributed by atoms with Gasteiger partial charge in [-0.05, 0) is 61.6 Å². The van der Waals surface area contributed by atoms with E-state index >= 15 is 0 Å². The Labute approximate surface area is 217 Å². The molecule has 1 aliphatic rings. The number of hydrogen-bond acceptors (Lipinski definition) is 4. The highest BCUT2D eigenvalue weighted by Crippen LogP contribution is 2.22. The second-order valence-corrected chi connectivity index (χ2v) is 11.9. The molecule has 0 heterocycles. The number of rotatable bonds is 10. The maximum atomic E-state index is 13.6. The number of anilines is 1. The molecule has 0 aromatic heterocycles. The lowest BCUT2D eigenvalue weighted by molar-refractivity contribution is -0.139. The molecule has 9 heteroatoms. The first-order valence-corrected chi connectivity index (χ1v) is 14.6. The van der Waals surface area contributed by atoms with Crippen LogP contribution < -0.4 is 9.62 Å². The molecule has 0 bridgehead atoms. The lowest BCUT2D eigenvalue weighted by Gasteiger charge is -2.32. The van der Waals surface area contributed by atoms with Crippen LogP contribution in [0.3, 0.4) is 0 Å². The summed E-state index contributed by atoms with van der Waals surface area (Å²) < 4.78 is 27.3. The van der Waals surface area contributed by atoms with Gasteiger partial charge in [0.15, 0.2) is 0 Å². The van der Waals surface area contributed by atoms with Crippen LogP contribution in [0.1, 0.15) is 50.7 Å². The monoisotopic (exact) mass is 563 g/mol. The fourth-order valence-electron chi connectivity index (χ4n) is 4.27. The Morgan fingerprint density at radius 3 is 2.14 bits per heavy atom. The summed E-state index contributed by atoms with van der Waals surface area (Å²) in [6, 6.07) is 14.0. The summed E-state index contributed by atoms with van der Waals surface area (Å²) >= 11 is 3.41. The van der Waals surface area contributed by atoms with Crippen LogP contribution in [0.2, 0.25) is 0 Å². The average Bonchev–Trinajstić information content (AvgIpc) is 3.34. The van der Waals surface area contributed by atoms with Crippen molar-refractivity contribution in [2.24, 2.45) is 0 Å². The maximum Gasteiger partial charge on any atom is 0.244 e. The Bertz CT molecular complexity index is 1110. The van der Waals surface area contributed by atoms with Crippen LogP contribution in [0.5, 0.6) is 0 Å². The number of hydrogen-bond donors (Lipinski definition) is 1. The number of aryl methyl sites for hydroxylation is 1. The van der Waals surface area contributed by atoms with Crippen molar-refractivity contribution in [2.75, 3.05) is 17.1 Å². The van der Waals surface area contributed by atoms with Gasteiger partial charge in [-0.3, -0.25) is 13.9 Å². The summed E-state index contributed by atoms with van der Waals surface area (Å²) in [6.45, 7) is 3.52. The highest BCUT2D eigenvalue weighted by Gasteiger charge is 2.31. The van der Waals surface area contributed by atoms with Gasteiger partial charge in [0.1, 0.15) is 12.6 Å². The summed E-state index contributed by atoms with van der Waals surface area (Å²) in [5, 5.41) is 3.06. The Morgan fingerprint density at radius 2 is 1.60 bits per heavy atom. The Morgan fingerprint density at radius 1 is 1.03 bits per heavy atom. The molecule has 1 atom stereocenters. The van der Waals surface area contributed by atoms with E-state index in [-0.39, 0.29) is 25.0 Å². The molecule has 1 fully saturated rings. The van der Waals surface area contributed by atoms with Gasteiger partial charge < -0.3 is 10.2 Å². The quantitative estimate of drug-likeness (QED) is 0.468. The van der Waals surface area contributed by atoms with Crippen LogP contribution in [0, 0.1) is 0 Å². The molecular formula is C26H34BrN3O4S. The third kappa shape index (κ3) is 7.54. The van der Waals surface area contributed by atoms with Gasteiger partial charge >= 0.3 is 0 Å². The van der Waals surface area contributed by atoms with Crippen LogP contribution in [-0.4, -0.2) is 50.0 Å².